The summed E-state index contributed by atoms with van der Waals surface area (Å²) in [6, 6.07) is 32.3. The number of para-hydroxylation sites is 2. The van der Waals surface area contributed by atoms with Crippen LogP contribution < -0.4 is 0 Å². The fraction of sp³-hybridized carbons (Fsp3) is 0.143. The third kappa shape index (κ3) is 6.12. The Kier molecular flexibility index (Phi) is 8.10. The van der Waals surface area contributed by atoms with Crippen molar-refractivity contribution in [1.29, 1.82) is 0 Å². The fourth-order valence-corrected chi connectivity index (χ4v) is 7.14. The van der Waals surface area contributed by atoms with Crippen molar-refractivity contribution in [2.75, 3.05) is 0 Å². The number of fused-ring (bicyclic) bond motifs is 4. The van der Waals surface area contributed by atoms with Crippen molar-refractivity contribution >= 4 is 55.6 Å². The van der Waals surface area contributed by atoms with Crippen LogP contribution in [0.5, 0.6) is 0 Å². The lowest BCUT2D eigenvalue weighted by Crippen LogP contribution is -2.22. The molecule has 0 aliphatic heterocycles. The van der Waals surface area contributed by atoms with E-state index in [0.717, 1.165) is 50.0 Å². The Hall–Kier alpha value is -6.22. The third-order valence-electron chi connectivity index (χ3n) is 9.66. The van der Waals surface area contributed by atoms with E-state index in [1.807, 2.05) is 79.1 Å². The maximum atomic E-state index is 14.5. The maximum Gasteiger partial charge on any atom is 0.333 e. The molecule has 252 valence electrons. The van der Waals surface area contributed by atoms with Crippen LogP contribution in [0.15, 0.2) is 109 Å². The number of benzene rings is 4. The van der Waals surface area contributed by atoms with Gasteiger partial charge in [-0.3, -0.25) is 9.97 Å². The third-order valence-corrected chi connectivity index (χ3v) is 9.66. The first-order valence-corrected chi connectivity index (χ1v) is 16.7. The van der Waals surface area contributed by atoms with E-state index in [4.69, 9.17) is 9.72 Å². The summed E-state index contributed by atoms with van der Waals surface area (Å²) in [6.07, 6.45) is 0.936. The maximum absolute atomic E-state index is 14.5. The van der Waals surface area contributed by atoms with E-state index in [9.17, 15) is 18.4 Å². The van der Waals surface area contributed by atoms with Crippen molar-refractivity contribution in [1.82, 2.24) is 19.1 Å². The topological polar surface area (TPSA) is 79.0 Å². The standard InChI is InChI=1S/C42H32F2N4O3/c1-25-34(21-31-15-11-27-7-3-5-9-37(27)45-31)33-8-4-6-10-39(33)47(25)23-41(49)51-42(50)24-48-26(2)35(36-20-30(44)14-18-40(36)48)22-32-16-12-28-19-29(43)13-17-38(28)46-32/h3-20H,21-24H2,1-2H3. The van der Waals surface area contributed by atoms with Crippen molar-refractivity contribution in [2.24, 2.45) is 0 Å². The summed E-state index contributed by atoms with van der Waals surface area (Å²) in [7, 11) is 0. The Morgan fingerprint density at radius 1 is 0.588 bits per heavy atom. The van der Waals surface area contributed by atoms with Crippen molar-refractivity contribution < 1.29 is 23.1 Å². The number of hydrogen-bond donors (Lipinski definition) is 0. The molecule has 0 radical (unpaired) electrons. The SMILES string of the molecule is Cc1c(Cc2ccc3ccccc3n2)c2ccccc2n1CC(=O)OC(=O)Cn1c(C)c(Cc2ccc3cc(F)ccc3n2)c2cc(F)ccc21. The Labute approximate surface area is 291 Å². The Morgan fingerprint density at radius 2 is 1.14 bits per heavy atom. The minimum Gasteiger partial charge on any atom is -0.390 e. The second kappa shape index (κ2) is 12.9. The molecule has 0 spiro atoms. The molecule has 0 bridgehead atoms. The van der Waals surface area contributed by atoms with Gasteiger partial charge >= 0.3 is 11.9 Å². The fourth-order valence-electron chi connectivity index (χ4n) is 7.14. The Bertz CT molecular complexity index is 2680. The lowest BCUT2D eigenvalue weighted by Gasteiger charge is -2.11. The van der Waals surface area contributed by atoms with Gasteiger partial charge in [-0.05, 0) is 85.6 Å². The van der Waals surface area contributed by atoms with Gasteiger partial charge < -0.3 is 13.9 Å². The summed E-state index contributed by atoms with van der Waals surface area (Å²) in [5.74, 6) is -2.16. The second-order valence-corrected chi connectivity index (χ2v) is 12.8. The van der Waals surface area contributed by atoms with E-state index in [1.54, 1.807) is 22.8 Å². The number of ether oxygens (including phenoxy) is 1. The number of carbonyl (C=O) groups is 2. The zero-order valence-electron chi connectivity index (χ0n) is 28.0. The van der Waals surface area contributed by atoms with Gasteiger partial charge in [-0.15, -0.1) is 0 Å². The van der Waals surface area contributed by atoms with Gasteiger partial charge in [0.2, 0.25) is 0 Å². The molecule has 0 N–H and O–H groups in total. The molecule has 0 saturated heterocycles. The second-order valence-electron chi connectivity index (χ2n) is 12.8. The van der Waals surface area contributed by atoms with Gasteiger partial charge in [0.1, 0.15) is 24.7 Å². The molecule has 0 unspecified atom stereocenters. The molecule has 0 aliphatic carbocycles. The number of halogens is 2. The summed E-state index contributed by atoms with van der Waals surface area (Å²) in [6.45, 7) is 3.42. The van der Waals surface area contributed by atoms with Gasteiger partial charge in [0.25, 0.3) is 0 Å². The molecule has 0 fully saturated rings. The number of nitrogens with zero attached hydrogens (tertiary/aromatic N) is 4. The lowest BCUT2D eigenvalue weighted by molar-refractivity contribution is -0.160. The molecule has 4 heterocycles. The van der Waals surface area contributed by atoms with Crippen LogP contribution in [-0.2, 0) is 40.3 Å². The van der Waals surface area contributed by atoms with E-state index in [0.29, 0.717) is 40.3 Å². The van der Waals surface area contributed by atoms with E-state index in [2.05, 4.69) is 11.1 Å². The molecule has 51 heavy (non-hydrogen) atoms. The smallest absolute Gasteiger partial charge is 0.333 e. The summed E-state index contributed by atoms with van der Waals surface area (Å²) in [5, 5.41) is 3.39. The van der Waals surface area contributed by atoms with Crippen LogP contribution in [0.1, 0.15) is 33.9 Å². The molecular weight excluding hydrogens is 646 g/mol. The molecule has 8 aromatic rings. The van der Waals surface area contributed by atoms with Crippen LogP contribution in [0.4, 0.5) is 8.78 Å². The summed E-state index contributed by atoms with van der Waals surface area (Å²) in [4.78, 5) is 36.2. The highest BCUT2D eigenvalue weighted by Gasteiger charge is 2.22. The van der Waals surface area contributed by atoms with Gasteiger partial charge in [-0.25, -0.2) is 18.4 Å². The Morgan fingerprint density at radius 3 is 1.86 bits per heavy atom. The van der Waals surface area contributed by atoms with E-state index < -0.39 is 17.8 Å². The molecular formula is C42H32F2N4O3. The number of esters is 2. The predicted octanol–water partition coefficient (Wildman–Crippen LogP) is 8.54. The van der Waals surface area contributed by atoms with E-state index >= 15 is 0 Å². The van der Waals surface area contributed by atoms with Crippen LogP contribution >= 0.6 is 0 Å². The number of carbonyl (C=O) groups excluding carboxylic acids is 2. The highest BCUT2D eigenvalue weighted by molar-refractivity contribution is 5.91. The number of pyridine rings is 2. The average Bonchev–Trinajstić information content (AvgIpc) is 3.52. The van der Waals surface area contributed by atoms with Crippen molar-refractivity contribution in [3.63, 3.8) is 0 Å². The van der Waals surface area contributed by atoms with Gasteiger partial charge in [0.05, 0.1) is 11.0 Å². The monoisotopic (exact) mass is 678 g/mol. The normalized spacial score (nSPS) is 11.6. The zero-order chi connectivity index (χ0) is 35.2. The molecule has 0 amide bonds. The van der Waals surface area contributed by atoms with E-state index in [-0.39, 0.29) is 18.9 Å². The molecule has 4 aromatic heterocycles. The summed E-state index contributed by atoms with van der Waals surface area (Å²) in [5.41, 5.74) is 8.15. The van der Waals surface area contributed by atoms with E-state index in [1.165, 1.54) is 24.3 Å². The van der Waals surface area contributed by atoms with Gasteiger partial charge in [0.15, 0.2) is 0 Å². The van der Waals surface area contributed by atoms with Crippen molar-refractivity contribution in [2.45, 2.75) is 39.8 Å². The Balaban J connectivity index is 1.03. The molecule has 0 aliphatic rings. The first-order chi connectivity index (χ1) is 24.7. The zero-order valence-corrected chi connectivity index (χ0v) is 28.0. The molecule has 4 aromatic carbocycles. The minimum atomic E-state index is -0.726. The molecule has 7 nitrogen and oxygen atoms in total. The number of rotatable bonds is 8. The van der Waals surface area contributed by atoms with Gasteiger partial charge in [-0.2, -0.15) is 0 Å². The van der Waals surface area contributed by atoms with Crippen molar-refractivity contribution in [3.8, 4) is 0 Å². The molecule has 8 rings (SSSR count). The molecule has 0 atom stereocenters. The quantitative estimate of drug-likeness (QED) is 0.119. The summed E-state index contributed by atoms with van der Waals surface area (Å²) < 4.78 is 37.2. The van der Waals surface area contributed by atoms with Gasteiger partial charge in [0, 0.05) is 68.2 Å². The number of hydrogen-bond acceptors (Lipinski definition) is 5. The van der Waals surface area contributed by atoms with Gasteiger partial charge in [-0.1, -0.05) is 48.5 Å². The van der Waals surface area contributed by atoms with Crippen LogP contribution in [0.3, 0.4) is 0 Å². The predicted molar refractivity (Wildman–Crippen MR) is 193 cm³/mol. The lowest BCUT2D eigenvalue weighted by atomic mass is 10.0. The van der Waals surface area contributed by atoms with Crippen LogP contribution in [0, 0.1) is 25.5 Å². The average molecular weight is 679 g/mol. The molecule has 9 heteroatoms. The van der Waals surface area contributed by atoms with Crippen LogP contribution in [0.2, 0.25) is 0 Å². The van der Waals surface area contributed by atoms with Crippen LogP contribution in [-0.4, -0.2) is 31.0 Å². The minimum absolute atomic E-state index is 0.150. The van der Waals surface area contributed by atoms with Crippen molar-refractivity contribution in [3.05, 3.63) is 155 Å². The molecule has 0 saturated carbocycles. The first-order valence-electron chi connectivity index (χ1n) is 16.7. The number of aromatic nitrogens is 4. The largest absolute Gasteiger partial charge is 0.390 e. The summed E-state index contributed by atoms with van der Waals surface area (Å²) >= 11 is 0. The van der Waals surface area contributed by atoms with Crippen LogP contribution in [0.25, 0.3) is 43.6 Å². The highest BCUT2D eigenvalue weighted by atomic mass is 19.1. The first kappa shape index (κ1) is 32.0. The highest BCUT2D eigenvalue weighted by Crippen LogP contribution is 2.31.